The number of aliphatic hydroxyl groups excluding tert-OH is 3. The van der Waals surface area contributed by atoms with Gasteiger partial charge in [0.05, 0.1) is 19.8 Å². The van der Waals surface area contributed by atoms with Crippen LogP contribution in [0.15, 0.2) is 158 Å². The predicted octanol–water partition coefficient (Wildman–Crippen LogP) is 28.0. The van der Waals surface area contributed by atoms with Crippen LogP contribution in [0, 0.1) is 13.8 Å². The first kappa shape index (κ1) is 116. The van der Waals surface area contributed by atoms with Gasteiger partial charge in [0, 0.05) is 52.6 Å². The minimum atomic E-state index is -1.08. The monoisotopic (exact) mass is 1960 g/mol. The quantitative estimate of drug-likeness (QED) is 0.0182. The number of rotatable bonds is 65. The van der Waals surface area contributed by atoms with Gasteiger partial charge >= 0.3 is 17.9 Å². The van der Waals surface area contributed by atoms with Crippen LogP contribution >= 0.6 is 0 Å². The van der Waals surface area contributed by atoms with Gasteiger partial charge in [-0.15, -0.1) is 0 Å². The number of hydrogen-bond donors (Lipinski definition) is 3. The summed E-state index contributed by atoms with van der Waals surface area (Å²) < 4.78 is 91.7. The van der Waals surface area contributed by atoms with E-state index in [0.29, 0.717) is 32.5 Å². The number of unbranched alkanes of at least 4 members (excludes halogenated alkanes) is 40. The second kappa shape index (κ2) is 69.3. The van der Waals surface area contributed by atoms with Crippen molar-refractivity contribution in [3.05, 3.63) is 213 Å². The topological polar surface area (TPSA) is 250 Å². The Hall–Kier alpha value is -6.87. The van der Waals surface area contributed by atoms with Crippen LogP contribution in [0.4, 0.5) is 0 Å². The molecule has 0 amide bonds. The lowest BCUT2D eigenvalue weighted by Gasteiger charge is -2.47. The average molecular weight is 1960 g/mol. The molecule has 6 aromatic rings. The fourth-order valence-electron chi connectivity index (χ4n) is 19.5. The second-order valence-electron chi connectivity index (χ2n) is 40.4. The van der Waals surface area contributed by atoms with Crippen molar-refractivity contribution < 1.29 is 101 Å². The SMILES string of the molecule is CCCCCCCCCCCCCCCC(=O)OCC(O)C1OC(c2ccccc2)OC2COC(c3ccccc3)OC21.CCCCCCCCCCCCCCCCCC(=O)OCC(O)C1OC(c2ccc(C)cc2)OC2COC(c3ccc(C)cc3)OC21.CCCCCCCCCCCCCCCCCC(=O)OCC(O)C1OC(c2ccc(CCC)cc2)OC2COC(c3ccc(CCC)cc3)OC21. The molecule has 6 aliphatic rings. The van der Waals surface area contributed by atoms with Gasteiger partial charge in [0.15, 0.2) is 37.7 Å². The molecule has 6 heterocycles. The third-order valence-corrected chi connectivity index (χ3v) is 28.1. The molecule has 21 nitrogen and oxygen atoms in total. The zero-order chi connectivity index (χ0) is 99.5. The molecule has 0 saturated carbocycles. The van der Waals surface area contributed by atoms with E-state index >= 15 is 0 Å². The molecule has 6 aliphatic heterocycles. The Morgan fingerprint density at radius 1 is 0.255 bits per heavy atom. The Balaban J connectivity index is 0.000000218. The number of esters is 3. The summed E-state index contributed by atoms with van der Waals surface area (Å²) in [5.74, 6) is -0.864. The molecular formula is C120H180O21. The highest BCUT2D eigenvalue weighted by Crippen LogP contribution is 2.44. The van der Waals surface area contributed by atoms with Crippen molar-refractivity contribution in [2.24, 2.45) is 0 Å². The van der Waals surface area contributed by atoms with Crippen molar-refractivity contribution >= 4 is 17.9 Å². The van der Waals surface area contributed by atoms with E-state index in [4.69, 9.17) is 71.1 Å². The Labute approximate surface area is 847 Å². The van der Waals surface area contributed by atoms with Crippen molar-refractivity contribution in [1.29, 1.82) is 0 Å². The van der Waals surface area contributed by atoms with Gasteiger partial charge in [-0.2, -0.15) is 0 Å². The van der Waals surface area contributed by atoms with Crippen molar-refractivity contribution in [3.63, 3.8) is 0 Å². The summed E-state index contributed by atoms with van der Waals surface area (Å²) in [7, 11) is 0. The molecule has 0 radical (unpaired) electrons. The lowest BCUT2D eigenvalue weighted by Crippen LogP contribution is -2.58. The third kappa shape index (κ3) is 43.2. The molecule has 18 atom stereocenters. The van der Waals surface area contributed by atoms with E-state index < -0.39 is 111 Å². The Bertz CT molecular complexity index is 4200. The zero-order valence-electron chi connectivity index (χ0n) is 87.2. The van der Waals surface area contributed by atoms with Gasteiger partial charge in [-0.05, 0) is 57.1 Å². The van der Waals surface area contributed by atoms with Crippen LogP contribution in [0.1, 0.15) is 436 Å². The first-order valence-corrected chi connectivity index (χ1v) is 55.8. The van der Waals surface area contributed by atoms with Crippen molar-refractivity contribution in [1.82, 2.24) is 0 Å². The fraction of sp³-hybridized carbons (Fsp3) is 0.675. The highest BCUT2D eigenvalue weighted by molar-refractivity contribution is 5.70. The van der Waals surface area contributed by atoms with Crippen LogP contribution in [0.5, 0.6) is 0 Å². The van der Waals surface area contributed by atoms with Crippen LogP contribution in [-0.2, 0) is 98.3 Å². The Morgan fingerprint density at radius 3 is 0.709 bits per heavy atom. The lowest BCUT2D eigenvalue weighted by atomic mass is 9.99. The van der Waals surface area contributed by atoms with E-state index in [1.54, 1.807) is 0 Å². The van der Waals surface area contributed by atoms with Gasteiger partial charge in [-0.1, -0.05) is 473 Å². The lowest BCUT2D eigenvalue weighted by molar-refractivity contribution is -0.373. The molecule has 12 rings (SSSR count). The summed E-state index contributed by atoms with van der Waals surface area (Å²) in [6, 6.07) is 51.7. The molecule has 141 heavy (non-hydrogen) atoms. The van der Waals surface area contributed by atoms with E-state index in [1.807, 2.05) is 147 Å². The standard InChI is InChI=1S/C44H68O7.C40H60O7.C36H52O7/c1-4-7-8-9-10-11-12-13-14-15-16-17-18-19-20-23-40(46)47-32-38(45)41-42-39(49-44(50-41)37-30-26-35(22-6-3)27-31-37)33-48-43(51-42)36-28-24-34(21-5-2)25-29-36;1-4-5-6-7-8-9-10-11-12-13-14-15-16-17-18-19-36(42)43-28-34(41)37-38-35(45-40(46-37)33-26-22-31(3)23-27-33)29-44-39(47-38)32-24-20-30(2)21-25-32;1-2-3-4-5-6-7-8-9-10-11-12-13-20-25-32(38)39-26-30(37)33-34-31(41-36(42-33)29-23-18-15-19-24-29)27-40-35(43-34)28-21-16-14-17-22-28/h24-31,38-39,41-45H,4-23,32-33H2,1-3H3;20-27,34-35,37-41H,4-19,28-29H2,1-3H3;14-19,21-24,30-31,33-37H,2-13,20,25-27H2,1H3. The van der Waals surface area contributed by atoms with E-state index in [1.165, 1.54) is 229 Å². The van der Waals surface area contributed by atoms with Gasteiger partial charge in [0.1, 0.15) is 93.1 Å². The van der Waals surface area contributed by atoms with E-state index in [0.717, 1.165) is 128 Å². The summed E-state index contributed by atoms with van der Waals surface area (Å²) in [5, 5.41) is 33.9. The van der Waals surface area contributed by atoms with Gasteiger partial charge < -0.3 is 86.4 Å². The summed E-state index contributed by atoms with van der Waals surface area (Å²) in [5.41, 5.74) is 10.0. The summed E-state index contributed by atoms with van der Waals surface area (Å²) in [4.78, 5) is 37.7. The average Bonchev–Trinajstić information content (AvgIpc) is 0.781. The number of ether oxygens (including phenoxy) is 15. The zero-order valence-corrected chi connectivity index (χ0v) is 87.2. The fourth-order valence-corrected chi connectivity index (χ4v) is 19.5. The number of benzene rings is 6. The minimum absolute atomic E-state index is 0.159. The smallest absolute Gasteiger partial charge is 0.305 e. The molecule has 0 bridgehead atoms. The maximum absolute atomic E-state index is 12.7. The van der Waals surface area contributed by atoms with Crippen LogP contribution in [0.2, 0.25) is 0 Å². The van der Waals surface area contributed by atoms with E-state index in [-0.39, 0.29) is 44.3 Å². The molecule has 0 aromatic heterocycles. The second-order valence-corrected chi connectivity index (χ2v) is 40.4. The molecule has 6 aromatic carbocycles. The number of carbonyl (C=O) groups is 3. The number of fused-ring (bicyclic) bond motifs is 3. The predicted molar refractivity (Wildman–Crippen MR) is 555 cm³/mol. The van der Waals surface area contributed by atoms with Gasteiger partial charge in [-0.25, -0.2) is 0 Å². The van der Waals surface area contributed by atoms with E-state index in [9.17, 15) is 29.7 Å². The van der Waals surface area contributed by atoms with E-state index in [2.05, 4.69) is 58.9 Å². The maximum Gasteiger partial charge on any atom is 0.305 e. The number of hydrogen-bond acceptors (Lipinski definition) is 21. The molecule has 786 valence electrons. The molecule has 18 unspecified atom stereocenters. The molecular weight excluding hydrogens is 1780 g/mol. The summed E-state index contributed by atoms with van der Waals surface area (Å²) >= 11 is 0. The number of aliphatic hydroxyl groups is 3. The molecule has 6 fully saturated rings. The van der Waals surface area contributed by atoms with Crippen LogP contribution < -0.4 is 0 Å². The van der Waals surface area contributed by atoms with Gasteiger partial charge in [0.2, 0.25) is 0 Å². The van der Waals surface area contributed by atoms with Gasteiger partial charge in [-0.3, -0.25) is 14.4 Å². The summed E-state index contributed by atoms with van der Waals surface area (Å²) in [6.45, 7) is 15.6. The number of aryl methyl sites for hydroxylation is 4. The Kier molecular flexibility index (Phi) is 57.0. The van der Waals surface area contributed by atoms with Crippen LogP contribution in [-0.4, -0.2) is 146 Å². The normalized spacial score (nSPS) is 23.3. The maximum atomic E-state index is 12.7. The van der Waals surface area contributed by atoms with Crippen LogP contribution in [0.3, 0.4) is 0 Å². The third-order valence-electron chi connectivity index (χ3n) is 28.1. The number of carbonyl (C=O) groups excluding carboxylic acids is 3. The van der Waals surface area contributed by atoms with Crippen molar-refractivity contribution in [2.75, 3.05) is 39.6 Å². The first-order chi connectivity index (χ1) is 69.1. The molecule has 3 N–H and O–H groups in total. The summed E-state index contributed by atoms with van der Waals surface area (Å²) in [6.07, 6.45) is 47.4. The molecule has 6 saturated heterocycles. The highest BCUT2D eigenvalue weighted by atomic mass is 16.8. The van der Waals surface area contributed by atoms with Crippen molar-refractivity contribution in [2.45, 2.75) is 480 Å². The largest absolute Gasteiger partial charge is 0.463 e. The molecule has 0 spiro atoms. The highest BCUT2D eigenvalue weighted by Gasteiger charge is 2.52. The van der Waals surface area contributed by atoms with Gasteiger partial charge in [0.25, 0.3) is 0 Å². The minimum Gasteiger partial charge on any atom is -0.463 e. The molecule has 0 aliphatic carbocycles. The Morgan fingerprint density at radius 2 is 0.468 bits per heavy atom. The first-order valence-electron chi connectivity index (χ1n) is 55.8. The van der Waals surface area contributed by atoms with Crippen LogP contribution in [0.25, 0.3) is 0 Å². The molecule has 21 heteroatoms. The van der Waals surface area contributed by atoms with Crippen molar-refractivity contribution in [3.8, 4) is 0 Å².